The molecule has 0 radical (unpaired) electrons. The van der Waals surface area contributed by atoms with Crippen molar-refractivity contribution in [1.82, 2.24) is 0 Å². The summed E-state index contributed by atoms with van der Waals surface area (Å²) in [5.41, 5.74) is 2.07. The van der Waals surface area contributed by atoms with Gasteiger partial charge in [-0.25, -0.2) is 8.42 Å². The molecule has 0 aliphatic rings. The molecule has 0 aromatic heterocycles. The van der Waals surface area contributed by atoms with Gasteiger partial charge in [-0.1, -0.05) is 40.2 Å². The summed E-state index contributed by atoms with van der Waals surface area (Å²) in [7, 11) is -3.39. The van der Waals surface area contributed by atoms with Crippen LogP contribution in [0.5, 0.6) is 0 Å². The van der Waals surface area contributed by atoms with Crippen molar-refractivity contribution in [3.8, 4) is 0 Å². The lowest BCUT2D eigenvalue weighted by molar-refractivity contribution is -0.116. The maximum absolute atomic E-state index is 12.1. The summed E-state index contributed by atoms with van der Waals surface area (Å²) >= 11 is 3.41. The summed E-state index contributed by atoms with van der Waals surface area (Å²) in [6.45, 7) is 0. The number of aryl methyl sites for hydroxylation is 1. The number of hydrogen-bond donors (Lipinski definition) is 2. The Balaban J connectivity index is 1.81. The van der Waals surface area contributed by atoms with Crippen LogP contribution in [0.4, 0.5) is 11.4 Å². The number of benzene rings is 2. The number of rotatable bonds is 8. The van der Waals surface area contributed by atoms with E-state index in [0.717, 1.165) is 30.0 Å². The van der Waals surface area contributed by atoms with Crippen molar-refractivity contribution in [3.63, 3.8) is 0 Å². The predicted octanol–water partition coefficient (Wildman–Crippen LogP) is 4.17. The Kier molecular flexibility index (Phi) is 7.01. The predicted molar refractivity (Wildman–Crippen MR) is 105 cm³/mol. The minimum Gasteiger partial charge on any atom is -0.324 e. The molecule has 0 saturated carbocycles. The van der Waals surface area contributed by atoms with Gasteiger partial charge in [0, 0.05) is 10.9 Å². The van der Waals surface area contributed by atoms with Crippen molar-refractivity contribution in [2.75, 3.05) is 16.3 Å². The van der Waals surface area contributed by atoms with Crippen LogP contribution in [0, 0.1) is 0 Å². The average molecular weight is 425 g/mol. The molecular weight excluding hydrogens is 404 g/mol. The van der Waals surface area contributed by atoms with Gasteiger partial charge in [0.1, 0.15) is 0 Å². The van der Waals surface area contributed by atoms with Crippen LogP contribution in [-0.4, -0.2) is 20.6 Å². The van der Waals surface area contributed by atoms with Crippen molar-refractivity contribution < 1.29 is 13.2 Å². The summed E-state index contributed by atoms with van der Waals surface area (Å²) in [5.74, 6) is -0.126. The number of halogens is 1. The van der Waals surface area contributed by atoms with Gasteiger partial charge >= 0.3 is 0 Å². The maximum Gasteiger partial charge on any atom is 0.229 e. The van der Waals surface area contributed by atoms with Crippen molar-refractivity contribution in [2.45, 2.75) is 25.7 Å². The minimum atomic E-state index is -3.39. The summed E-state index contributed by atoms with van der Waals surface area (Å²) in [6.07, 6.45) is 4.08. The first-order chi connectivity index (χ1) is 11.8. The highest BCUT2D eigenvalue weighted by atomic mass is 79.9. The average Bonchev–Trinajstić information content (AvgIpc) is 2.54. The molecule has 0 saturated heterocycles. The van der Waals surface area contributed by atoms with Crippen LogP contribution in [0.25, 0.3) is 0 Å². The fourth-order valence-corrected chi connectivity index (χ4v) is 3.20. The number of hydrogen-bond acceptors (Lipinski definition) is 3. The van der Waals surface area contributed by atoms with Crippen molar-refractivity contribution >= 4 is 43.2 Å². The molecule has 0 spiro atoms. The number of amides is 1. The molecule has 2 N–H and O–H groups in total. The van der Waals surface area contributed by atoms with E-state index in [-0.39, 0.29) is 5.91 Å². The van der Waals surface area contributed by atoms with E-state index < -0.39 is 10.0 Å². The van der Waals surface area contributed by atoms with E-state index in [0.29, 0.717) is 17.8 Å². The van der Waals surface area contributed by atoms with Crippen LogP contribution in [0.1, 0.15) is 24.8 Å². The largest absolute Gasteiger partial charge is 0.324 e. The molecule has 25 heavy (non-hydrogen) atoms. The summed E-state index contributed by atoms with van der Waals surface area (Å²) in [4.78, 5) is 12.1. The lowest BCUT2D eigenvalue weighted by atomic mass is 10.1. The molecule has 0 atom stereocenters. The zero-order chi connectivity index (χ0) is 18.3. The second-order valence-electron chi connectivity index (χ2n) is 5.80. The molecular formula is C18H21BrN2O3S. The first-order valence-corrected chi connectivity index (χ1v) is 10.6. The Bertz CT molecular complexity index is 820. The fourth-order valence-electron chi connectivity index (χ4n) is 2.36. The van der Waals surface area contributed by atoms with E-state index in [2.05, 4.69) is 38.1 Å². The zero-order valence-corrected chi connectivity index (χ0v) is 16.4. The van der Waals surface area contributed by atoms with Gasteiger partial charge in [0.2, 0.25) is 15.9 Å². The number of unbranched alkanes of at least 4 members (excludes halogenated alkanes) is 1. The Morgan fingerprint density at radius 1 is 1.00 bits per heavy atom. The Morgan fingerprint density at radius 2 is 1.64 bits per heavy atom. The highest BCUT2D eigenvalue weighted by Crippen LogP contribution is 2.22. The standard InChI is InChI=1S/C18H21BrN2O3S/c1-25(23,24)21-17-8-4-3-7-16(17)20-18(22)9-5-2-6-14-10-12-15(19)13-11-14/h3-4,7-8,10-13,21H,2,5-6,9H2,1H3,(H,20,22). The van der Waals surface area contributed by atoms with Gasteiger partial charge in [0.05, 0.1) is 17.6 Å². The van der Waals surface area contributed by atoms with Crippen LogP contribution in [0.15, 0.2) is 53.0 Å². The number of sulfonamides is 1. The van der Waals surface area contributed by atoms with Crippen LogP contribution in [0.3, 0.4) is 0 Å². The van der Waals surface area contributed by atoms with Crippen molar-refractivity contribution in [2.24, 2.45) is 0 Å². The molecule has 1 amide bonds. The summed E-state index contributed by atoms with van der Waals surface area (Å²) in [6, 6.07) is 14.9. The SMILES string of the molecule is CS(=O)(=O)Nc1ccccc1NC(=O)CCCCc1ccc(Br)cc1. The molecule has 5 nitrogen and oxygen atoms in total. The minimum absolute atomic E-state index is 0.126. The number of para-hydroxylation sites is 2. The number of carbonyl (C=O) groups excluding carboxylic acids is 1. The monoisotopic (exact) mass is 424 g/mol. The van der Waals surface area contributed by atoms with Crippen LogP contribution in [0.2, 0.25) is 0 Å². The van der Waals surface area contributed by atoms with Gasteiger partial charge in [0.25, 0.3) is 0 Å². The second kappa shape index (κ2) is 9.01. The second-order valence-corrected chi connectivity index (χ2v) is 8.47. The molecule has 0 aliphatic heterocycles. The van der Waals surface area contributed by atoms with Gasteiger partial charge in [-0.05, 0) is 49.1 Å². The lowest BCUT2D eigenvalue weighted by Gasteiger charge is -2.11. The molecule has 0 unspecified atom stereocenters. The molecule has 0 heterocycles. The fraction of sp³-hybridized carbons (Fsp3) is 0.278. The smallest absolute Gasteiger partial charge is 0.229 e. The topological polar surface area (TPSA) is 75.3 Å². The molecule has 2 rings (SSSR count). The van der Waals surface area contributed by atoms with E-state index in [1.807, 2.05) is 12.1 Å². The molecule has 134 valence electrons. The zero-order valence-electron chi connectivity index (χ0n) is 14.0. The normalized spacial score (nSPS) is 11.1. The highest BCUT2D eigenvalue weighted by Gasteiger charge is 2.09. The van der Waals surface area contributed by atoms with E-state index in [1.165, 1.54) is 5.56 Å². The molecule has 7 heteroatoms. The number of nitrogens with one attached hydrogen (secondary N) is 2. The Morgan fingerprint density at radius 3 is 2.28 bits per heavy atom. The first-order valence-electron chi connectivity index (χ1n) is 7.94. The third-order valence-corrected chi connectivity index (χ3v) is 4.65. The Labute approximate surface area is 157 Å². The quantitative estimate of drug-likeness (QED) is 0.624. The van der Waals surface area contributed by atoms with Gasteiger partial charge in [-0.3, -0.25) is 9.52 Å². The highest BCUT2D eigenvalue weighted by molar-refractivity contribution is 9.10. The summed E-state index contributed by atoms with van der Waals surface area (Å²) < 4.78 is 26.2. The van der Waals surface area contributed by atoms with E-state index in [9.17, 15) is 13.2 Å². The third-order valence-electron chi connectivity index (χ3n) is 3.53. The lowest BCUT2D eigenvalue weighted by Crippen LogP contribution is -2.15. The molecule has 2 aromatic rings. The van der Waals surface area contributed by atoms with E-state index in [1.54, 1.807) is 24.3 Å². The van der Waals surface area contributed by atoms with Crippen molar-refractivity contribution in [1.29, 1.82) is 0 Å². The molecule has 0 fully saturated rings. The van der Waals surface area contributed by atoms with Gasteiger partial charge < -0.3 is 5.32 Å². The van der Waals surface area contributed by atoms with E-state index >= 15 is 0 Å². The Hall–Kier alpha value is -1.86. The third kappa shape index (κ3) is 7.27. The molecule has 0 bridgehead atoms. The van der Waals surface area contributed by atoms with E-state index in [4.69, 9.17) is 0 Å². The number of carbonyl (C=O) groups is 1. The van der Waals surface area contributed by atoms with Gasteiger partial charge in [0.15, 0.2) is 0 Å². The first kappa shape index (κ1) is 19.5. The van der Waals surface area contributed by atoms with Crippen molar-refractivity contribution in [3.05, 3.63) is 58.6 Å². The van der Waals surface area contributed by atoms with Crippen LogP contribution < -0.4 is 10.0 Å². The number of anilines is 2. The van der Waals surface area contributed by atoms with Gasteiger partial charge in [-0.2, -0.15) is 0 Å². The van der Waals surface area contributed by atoms with Crippen LogP contribution >= 0.6 is 15.9 Å². The molecule has 2 aromatic carbocycles. The maximum atomic E-state index is 12.1. The summed E-state index contributed by atoms with van der Waals surface area (Å²) in [5, 5.41) is 2.77. The van der Waals surface area contributed by atoms with Gasteiger partial charge in [-0.15, -0.1) is 0 Å². The molecule has 0 aliphatic carbocycles. The van der Waals surface area contributed by atoms with Crippen LogP contribution in [-0.2, 0) is 21.2 Å².